The van der Waals surface area contributed by atoms with Crippen LogP contribution < -0.4 is 15.4 Å². The molecule has 1 amide bonds. The van der Waals surface area contributed by atoms with Crippen LogP contribution in [0.2, 0.25) is 0 Å². The van der Waals surface area contributed by atoms with Gasteiger partial charge in [0.1, 0.15) is 17.6 Å². The summed E-state index contributed by atoms with van der Waals surface area (Å²) in [6, 6.07) is 15.1. The van der Waals surface area contributed by atoms with E-state index in [-0.39, 0.29) is 5.91 Å². The molecule has 0 spiro atoms. The molecule has 0 aliphatic heterocycles. The number of pyridine rings is 1. The van der Waals surface area contributed by atoms with Crippen molar-refractivity contribution in [3.05, 3.63) is 64.7 Å². The van der Waals surface area contributed by atoms with E-state index in [1.165, 1.54) is 0 Å². The topological polar surface area (TPSA) is 87.0 Å². The molecule has 0 aliphatic carbocycles. The summed E-state index contributed by atoms with van der Waals surface area (Å²) in [6.07, 6.45) is 0. The molecule has 0 radical (unpaired) electrons. The molecule has 0 saturated heterocycles. The van der Waals surface area contributed by atoms with Gasteiger partial charge in [0, 0.05) is 24.0 Å². The second kappa shape index (κ2) is 8.40. The molecule has 3 rings (SSSR count). The van der Waals surface area contributed by atoms with Gasteiger partial charge in [0.15, 0.2) is 0 Å². The molecule has 6 heteroatoms. The van der Waals surface area contributed by atoms with Crippen molar-refractivity contribution in [3.8, 4) is 11.8 Å². The van der Waals surface area contributed by atoms with Crippen LogP contribution in [-0.4, -0.2) is 31.1 Å². The van der Waals surface area contributed by atoms with Gasteiger partial charge in [0.05, 0.1) is 18.2 Å². The number of aromatic nitrogens is 1. The Hall–Kier alpha value is -3.59. The van der Waals surface area contributed by atoms with E-state index in [4.69, 9.17) is 4.74 Å². The van der Waals surface area contributed by atoms with Crippen LogP contribution in [0.4, 0.5) is 5.82 Å². The lowest BCUT2D eigenvalue weighted by Gasteiger charge is -2.11. The molecule has 2 N–H and O–H groups in total. The Bertz CT molecular complexity index is 1070. The first kappa shape index (κ1) is 19.2. The summed E-state index contributed by atoms with van der Waals surface area (Å²) < 4.78 is 5.13. The Labute approximate surface area is 164 Å². The Morgan fingerprint density at radius 1 is 1.18 bits per heavy atom. The quantitative estimate of drug-likeness (QED) is 0.644. The summed E-state index contributed by atoms with van der Waals surface area (Å²) in [7, 11) is 1.56. The van der Waals surface area contributed by atoms with Crippen molar-refractivity contribution in [3.63, 3.8) is 0 Å². The molecule has 28 heavy (non-hydrogen) atoms. The normalized spacial score (nSPS) is 10.4. The second-order valence-electron chi connectivity index (χ2n) is 6.56. The number of carbonyl (C=O) groups excluding carboxylic acids is 1. The standard InChI is InChI=1S/C22H22N4O2/c1-14-9-15(2)19-12-17(13-23)21(26-20(19)10-14)24-7-8-25-22(27)16-5-4-6-18(11-16)28-3/h4-6,9-12H,7-8H2,1-3H3,(H,24,26)(H,25,27). The van der Waals surface area contributed by atoms with Gasteiger partial charge in [-0.3, -0.25) is 4.79 Å². The first-order chi connectivity index (χ1) is 13.5. The number of nitrogens with one attached hydrogen (secondary N) is 2. The number of amides is 1. The first-order valence-electron chi connectivity index (χ1n) is 9.00. The number of nitriles is 1. The smallest absolute Gasteiger partial charge is 0.251 e. The summed E-state index contributed by atoms with van der Waals surface area (Å²) >= 11 is 0. The highest BCUT2D eigenvalue weighted by Gasteiger charge is 2.10. The predicted octanol–water partition coefficient (Wildman–Crippen LogP) is 3.57. The molecule has 0 atom stereocenters. The Kier molecular flexibility index (Phi) is 5.75. The van der Waals surface area contributed by atoms with E-state index in [0.29, 0.717) is 35.8 Å². The van der Waals surface area contributed by atoms with Crippen molar-refractivity contribution < 1.29 is 9.53 Å². The van der Waals surface area contributed by atoms with Crippen LogP contribution in [0.5, 0.6) is 5.75 Å². The lowest BCUT2D eigenvalue weighted by atomic mass is 10.0. The summed E-state index contributed by atoms with van der Waals surface area (Å²) in [5, 5.41) is 16.4. The van der Waals surface area contributed by atoms with Crippen LogP contribution >= 0.6 is 0 Å². The van der Waals surface area contributed by atoms with Gasteiger partial charge in [0.2, 0.25) is 0 Å². The number of hydrogen-bond donors (Lipinski definition) is 2. The molecule has 2 aromatic carbocycles. The van der Waals surface area contributed by atoms with Gasteiger partial charge in [-0.1, -0.05) is 12.1 Å². The van der Waals surface area contributed by atoms with Gasteiger partial charge in [-0.15, -0.1) is 0 Å². The summed E-state index contributed by atoms with van der Waals surface area (Å²) in [4.78, 5) is 16.8. The number of carbonyl (C=O) groups is 1. The Morgan fingerprint density at radius 2 is 2.00 bits per heavy atom. The van der Waals surface area contributed by atoms with Crippen LogP contribution in [0.15, 0.2) is 42.5 Å². The molecule has 0 fully saturated rings. The van der Waals surface area contributed by atoms with Gasteiger partial charge in [0.25, 0.3) is 5.91 Å². The minimum absolute atomic E-state index is 0.182. The summed E-state index contributed by atoms with van der Waals surface area (Å²) in [5.41, 5.74) is 4.08. The number of anilines is 1. The van der Waals surface area contributed by atoms with Gasteiger partial charge >= 0.3 is 0 Å². The van der Waals surface area contributed by atoms with Gasteiger partial charge < -0.3 is 15.4 Å². The first-order valence-corrected chi connectivity index (χ1v) is 9.00. The molecule has 0 aliphatic rings. The molecule has 1 aromatic heterocycles. The third-order valence-corrected chi connectivity index (χ3v) is 4.44. The zero-order chi connectivity index (χ0) is 20.1. The highest BCUT2D eigenvalue weighted by Crippen LogP contribution is 2.24. The van der Waals surface area contributed by atoms with Crippen molar-refractivity contribution in [2.24, 2.45) is 0 Å². The van der Waals surface area contributed by atoms with E-state index in [1.807, 2.05) is 26.0 Å². The number of benzene rings is 2. The third-order valence-electron chi connectivity index (χ3n) is 4.44. The minimum atomic E-state index is -0.182. The number of nitrogens with zero attached hydrogens (tertiary/aromatic N) is 2. The van der Waals surface area contributed by atoms with E-state index in [1.54, 1.807) is 31.4 Å². The Balaban J connectivity index is 1.66. The average Bonchev–Trinajstić information content (AvgIpc) is 2.70. The summed E-state index contributed by atoms with van der Waals surface area (Å²) in [5.74, 6) is 0.977. The molecular weight excluding hydrogens is 352 g/mol. The number of rotatable bonds is 6. The largest absolute Gasteiger partial charge is 0.497 e. The van der Waals surface area contributed by atoms with Gasteiger partial charge in [-0.25, -0.2) is 4.98 Å². The number of hydrogen-bond acceptors (Lipinski definition) is 5. The molecule has 0 saturated carbocycles. The number of methoxy groups -OCH3 is 1. The number of fused-ring (bicyclic) bond motifs is 1. The number of ether oxygens (including phenoxy) is 1. The van der Waals surface area contributed by atoms with E-state index < -0.39 is 0 Å². The molecular formula is C22H22N4O2. The van der Waals surface area contributed by atoms with Crippen molar-refractivity contribution in [2.45, 2.75) is 13.8 Å². The fourth-order valence-electron chi connectivity index (χ4n) is 3.07. The predicted molar refractivity (Wildman–Crippen MR) is 110 cm³/mol. The van der Waals surface area contributed by atoms with Gasteiger partial charge in [-0.05, 0) is 55.3 Å². The van der Waals surface area contributed by atoms with Crippen LogP contribution in [0, 0.1) is 25.2 Å². The maximum absolute atomic E-state index is 12.2. The Morgan fingerprint density at radius 3 is 2.75 bits per heavy atom. The van der Waals surface area contributed by atoms with Crippen LogP contribution in [0.25, 0.3) is 10.9 Å². The van der Waals surface area contributed by atoms with Crippen molar-refractivity contribution in [1.29, 1.82) is 5.26 Å². The van der Waals surface area contributed by atoms with Gasteiger partial charge in [-0.2, -0.15) is 5.26 Å². The summed E-state index contributed by atoms with van der Waals surface area (Å²) in [6.45, 7) is 4.88. The average molecular weight is 374 g/mol. The monoisotopic (exact) mass is 374 g/mol. The lowest BCUT2D eigenvalue weighted by molar-refractivity contribution is 0.0955. The lowest BCUT2D eigenvalue weighted by Crippen LogP contribution is -2.29. The molecule has 142 valence electrons. The van der Waals surface area contributed by atoms with Crippen molar-refractivity contribution in [1.82, 2.24) is 10.3 Å². The maximum Gasteiger partial charge on any atom is 0.251 e. The highest BCUT2D eigenvalue weighted by molar-refractivity contribution is 5.94. The zero-order valence-corrected chi connectivity index (χ0v) is 16.2. The SMILES string of the molecule is COc1cccc(C(=O)NCCNc2nc3cc(C)cc(C)c3cc2C#N)c1. The maximum atomic E-state index is 12.2. The van der Waals surface area contributed by atoms with E-state index >= 15 is 0 Å². The highest BCUT2D eigenvalue weighted by atomic mass is 16.5. The zero-order valence-electron chi connectivity index (χ0n) is 16.2. The van der Waals surface area contributed by atoms with E-state index in [2.05, 4.69) is 27.8 Å². The molecule has 1 heterocycles. The van der Waals surface area contributed by atoms with Crippen molar-refractivity contribution >= 4 is 22.6 Å². The molecule has 0 unspecified atom stereocenters. The fourth-order valence-corrected chi connectivity index (χ4v) is 3.07. The molecule has 6 nitrogen and oxygen atoms in total. The minimum Gasteiger partial charge on any atom is -0.497 e. The van der Waals surface area contributed by atoms with Crippen LogP contribution in [-0.2, 0) is 0 Å². The fraction of sp³-hybridized carbons (Fsp3) is 0.227. The second-order valence-corrected chi connectivity index (χ2v) is 6.56. The van der Waals surface area contributed by atoms with Crippen LogP contribution in [0.1, 0.15) is 27.0 Å². The van der Waals surface area contributed by atoms with Crippen LogP contribution in [0.3, 0.4) is 0 Å². The van der Waals surface area contributed by atoms with E-state index in [9.17, 15) is 10.1 Å². The molecule has 0 bridgehead atoms. The third kappa shape index (κ3) is 4.21. The van der Waals surface area contributed by atoms with Crippen molar-refractivity contribution in [2.75, 3.05) is 25.5 Å². The number of aryl methyl sites for hydroxylation is 2. The molecule has 3 aromatic rings. The van der Waals surface area contributed by atoms with E-state index in [0.717, 1.165) is 22.0 Å².